The van der Waals surface area contributed by atoms with Gasteiger partial charge in [0.25, 0.3) is 0 Å². The molecular weight excluding hydrogens is 272 g/mol. The molecule has 0 atom stereocenters. The molecule has 0 aliphatic carbocycles. The second-order valence-electron chi connectivity index (χ2n) is 5.09. The lowest BCUT2D eigenvalue weighted by atomic mass is 10.0. The number of ketones is 1. The van der Waals surface area contributed by atoms with Crippen LogP contribution in [-0.4, -0.2) is 43.4 Å². The molecule has 20 heavy (non-hydrogen) atoms. The molecule has 0 spiro atoms. The van der Waals surface area contributed by atoms with E-state index in [1.54, 1.807) is 0 Å². The molecule has 1 saturated heterocycles. The standard InChI is InChI=1S/C16H17ClN2O/c17-15-6-5-14(12-3-1-2-4-13(12)15)16(20)11-19-9-7-18-8-10-19/h1-6,18H,7-11H2. The summed E-state index contributed by atoms with van der Waals surface area (Å²) >= 11 is 6.20. The van der Waals surface area contributed by atoms with E-state index in [1.807, 2.05) is 36.4 Å². The summed E-state index contributed by atoms with van der Waals surface area (Å²) in [7, 11) is 0. The van der Waals surface area contributed by atoms with Gasteiger partial charge in [0.1, 0.15) is 0 Å². The van der Waals surface area contributed by atoms with Crippen LogP contribution in [0.5, 0.6) is 0 Å². The summed E-state index contributed by atoms with van der Waals surface area (Å²) in [6.45, 7) is 4.24. The topological polar surface area (TPSA) is 32.3 Å². The molecule has 3 rings (SSSR count). The minimum Gasteiger partial charge on any atom is -0.314 e. The highest BCUT2D eigenvalue weighted by Crippen LogP contribution is 2.26. The van der Waals surface area contributed by atoms with E-state index in [9.17, 15) is 4.79 Å². The Bertz CT molecular complexity index is 635. The molecule has 2 aromatic rings. The van der Waals surface area contributed by atoms with Crippen LogP contribution < -0.4 is 5.32 Å². The second kappa shape index (κ2) is 5.92. The second-order valence-corrected chi connectivity index (χ2v) is 5.50. The van der Waals surface area contributed by atoms with Crippen molar-refractivity contribution in [3.63, 3.8) is 0 Å². The quantitative estimate of drug-likeness (QED) is 0.881. The average molecular weight is 289 g/mol. The molecule has 1 aliphatic rings. The number of Topliss-reactive ketones (excluding diaryl/α,β-unsaturated/α-hetero) is 1. The first-order chi connectivity index (χ1) is 9.75. The van der Waals surface area contributed by atoms with Crippen molar-refractivity contribution in [3.8, 4) is 0 Å². The summed E-state index contributed by atoms with van der Waals surface area (Å²) < 4.78 is 0. The van der Waals surface area contributed by atoms with E-state index in [0.29, 0.717) is 11.6 Å². The van der Waals surface area contributed by atoms with Gasteiger partial charge in [0, 0.05) is 42.2 Å². The highest BCUT2D eigenvalue weighted by Gasteiger charge is 2.17. The van der Waals surface area contributed by atoms with Crippen molar-refractivity contribution in [2.75, 3.05) is 32.7 Å². The smallest absolute Gasteiger partial charge is 0.177 e. The number of carbonyl (C=O) groups is 1. The molecule has 104 valence electrons. The molecule has 0 radical (unpaired) electrons. The van der Waals surface area contributed by atoms with Crippen molar-refractivity contribution in [1.82, 2.24) is 10.2 Å². The van der Waals surface area contributed by atoms with Gasteiger partial charge in [-0.2, -0.15) is 0 Å². The van der Waals surface area contributed by atoms with Gasteiger partial charge in [0.15, 0.2) is 5.78 Å². The van der Waals surface area contributed by atoms with Crippen molar-refractivity contribution in [2.45, 2.75) is 0 Å². The van der Waals surface area contributed by atoms with E-state index in [0.717, 1.165) is 42.5 Å². The number of hydrogen-bond acceptors (Lipinski definition) is 3. The number of benzene rings is 2. The maximum absolute atomic E-state index is 12.5. The SMILES string of the molecule is O=C(CN1CCNCC1)c1ccc(Cl)c2ccccc12. The third kappa shape index (κ3) is 2.70. The Hall–Kier alpha value is -1.42. The number of hydrogen-bond donors (Lipinski definition) is 1. The molecule has 4 heteroatoms. The summed E-state index contributed by atoms with van der Waals surface area (Å²) in [6.07, 6.45) is 0. The highest BCUT2D eigenvalue weighted by molar-refractivity contribution is 6.36. The number of piperazine rings is 1. The summed E-state index contributed by atoms with van der Waals surface area (Å²) in [5, 5.41) is 5.88. The summed E-state index contributed by atoms with van der Waals surface area (Å²) in [4.78, 5) is 14.7. The lowest BCUT2D eigenvalue weighted by Crippen LogP contribution is -2.45. The largest absolute Gasteiger partial charge is 0.314 e. The van der Waals surface area contributed by atoms with Crippen molar-refractivity contribution in [1.29, 1.82) is 0 Å². The van der Waals surface area contributed by atoms with Crippen molar-refractivity contribution in [2.24, 2.45) is 0 Å². The molecule has 0 aromatic heterocycles. The van der Waals surface area contributed by atoms with Crippen LogP contribution in [0.1, 0.15) is 10.4 Å². The van der Waals surface area contributed by atoms with E-state index in [-0.39, 0.29) is 5.78 Å². The maximum Gasteiger partial charge on any atom is 0.177 e. The van der Waals surface area contributed by atoms with Crippen LogP contribution in [0.15, 0.2) is 36.4 Å². The Morgan fingerprint density at radius 1 is 1.10 bits per heavy atom. The minimum atomic E-state index is 0.166. The maximum atomic E-state index is 12.5. The fraction of sp³-hybridized carbons (Fsp3) is 0.312. The molecule has 1 N–H and O–H groups in total. The number of carbonyl (C=O) groups excluding carboxylic acids is 1. The highest BCUT2D eigenvalue weighted by atomic mass is 35.5. The van der Waals surface area contributed by atoms with Gasteiger partial charge in [0.2, 0.25) is 0 Å². The fourth-order valence-corrected chi connectivity index (χ4v) is 2.89. The van der Waals surface area contributed by atoms with E-state index in [1.165, 1.54) is 0 Å². The average Bonchev–Trinajstić information content (AvgIpc) is 2.49. The Balaban J connectivity index is 1.89. The molecule has 0 amide bonds. The van der Waals surface area contributed by atoms with Gasteiger partial charge < -0.3 is 5.32 Å². The molecule has 1 fully saturated rings. The van der Waals surface area contributed by atoms with Crippen LogP contribution in [0.3, 0.4) is 0 Å². The van der Waals surface area contributed by atoms with Crippen LogP contribution in [0, 0.1) is 0 Å². The van der Waals surface area contributed by atoms with Gasteiger partial charge in [-0.15, -0.1) is 0 Å². The lowest BCUT2D eigenvalue weighted by Gasteiger charge is -2.26. The van der Waals surface area contributed by atoms with Gasteiger partial charge in [-0.1, -0.05) is 35.9 Å². The molecular formula is C16H17ClN2O. The monoisotopic (exact) mass is 288 g/mol. The zero-order valence-electron chi connectivity index (χ0n) is 11.2. The van der Waals surface area contributed by atoms with E-state index in [4.69, 9.17) is 11.6 Å². The van der Waals surface area contributed by atoms with E-state index < -0.39 is 0 Å². The van der Waals surface area contributed by atoms with Crippen LogP contribution in [-0.2, 0) is 0 Å². The molecule has 0 saturated carbocycles. The Morgan fingerprint density at radius 2 is 1.80 bits per heavy atom. The fourth-order valence-electron chi connectivity index (χ4n) is 2.66. The van der Waals surface area contributed by atoms with Gasteiger partial charge in [-0.05, 0) is 17.5 Å². The summed E-state index contributed by atoms with van der Waals surface area (Å²) in [5.74, 6) is 0.166. The zero-order chi connectivity index (χ0) is 13.9. The van der Waals surface area contributed by atoms with Gasteiger partial charge in [0.05, 0.1) is 6.54 Å². The lowest BCUT2D eigenvalue weighted by molar-refractivity contribution is 0.0923. The minimum absolute atomic E-state index is 0.166. The molecule has 0 bridgehead atoms. The Kier molecular flexibility index (Phi) is 4.01. The predicted octanol–water partition coefficient (Wildman–Crippen LogP) is 2.58. The van der Waals surface area contributed by atoms with Crippen molar-refractivity contribution in [3.05, 3.63) is 47.0 Å². The van der Waals surface area contributed by atoms with E-state index in [2.05, 4.69) is 10.2 Å². The van der Waals surface area contributed by atoms with Gasteiger partial charge >= 0.3 is 0 Å². The number of nitrogens with one attached hydrogen (secondary N) is 1. The number of rotatable bonds is 3. The molecule has 1 aliphatic heterocycles. The third-order valence-electron chi connectivity index (χ3n) is 3.75. The number of nitrogens with zero attached hydrogens (tertiary/aromatic N) is 1. The van der Waals surface area contributed by atoms with Crippen LogP contribution in [0.4, 0.5) is 0 Å². The third-order valence-corrected chi connectivity index (χ3v) is 4.08. The van der Waals surface area contributed by atoms with Crippen LogP contribution in [0.2, 0.25) is 5.02 Å². The first-order valence-corrected chi connectivity index (χ1v) is 7.27. The first-order valence-electron chi connectivity index (χ1n) is 6.89. The molecule has 1 heterocycles. The van der Waals surface area contributed by atoms with Crippen molar-refractivity contribution >= 4 is 28.2 Å². The summed E-state index contributed by atoms with van der Waals surface area (Å²) in [6, 6.07) is 11.5. The van der Waals surface area contributed by atoms with Crippen LogP contribution in [0.25, 0.3) is 10.8 Å². The zero-order valence-corrected chi connectivity index (χ0v) is 12.0. The van der Waals surface area contributed by atoms with Crippen LogP contribution >= 0.6 is 11.6 Å². The number of halogens is 1. The Labute approximate surface area is 123 Å². The number of fused-ring (bicyclic) bond motifs is 1. The summed E-state index contributed by atoms with van der Waals surface area (Å²) in [5.41, 5.74) is 0.767. The predicted molar refractivity (Wildman–Crippen MR) is 82.6 cm³/mol. The Morgan fingerprint density at radius 3 is 2.55 bits per heavy atom. The van der Waals surface area contributed by atoms with Crippen molar-refractivity contribution < 1.29 is 4.79 Å². The molecule has 0 unspecified atom stereocenters. The molecule has 2 aromatic carbocycles. The van der Waals surface area contributed by atoms with Gasteiger partial charge in [-0.25, -0.2) is 0 Å². The normalized spacial score (nSPS) is 16.4. The van der Waals surface area contributed by atoms with Gasteiger partial charge in [-0.3, -0.25) is 9.69 Å². The first kappa shape index (κ1) is 13.6. The molecule has 3 nitrogen and oxygen atoms in total. The van der Waals surface area contributed by atoms with E-state index >= 15 is 0 Å².